The van der Waals surface area contributed by atoms with Gasteiger partial charge in [0.2, 0.25) is 0 Å². The molecule has 5 aromatic rings. The molecule has 6 rings (SSSR count). The second kappa shape index (κ2) is 16.2. The minimum atomic E-state index is -1.66. The van der Waals surface area contributed by atoms with Crippen molar-refractivity contribution in [2.75, 3.05) is 6.61 Å². The summed E-state index contributed by atoms with van der Waals surface area (Å²) in [5.41, 5.74) is -2.29. The van der Waals surface area contributed by atoms with Gasteiger partial charge in [0.1, 0.15) is 12.7 Å². The maximum absolute atomic E-state index is 14.0. The van der Waals surface area contributed by atoms with Crippen LogP contribution in [-0.4, -0.2) is 57.9 Å². The molecular formula is C37H24Cl4N2O10. The third-order valence-electron chi connectivity index (χ3n) is 7.97. The lowest BCUT2D eigenvalue weighted by Gasteiger charge is -2.25. The molecule has 0 bridgehead atoms. The highest BCUT2D eigenvalue weighted by atomic mass is 35.5. The molecule has 4 atom stereocenters. The average Bonchev–Trinajstić information content (AvgIpc) is 3.46. The number of halogens is 4. The average molecular weight is 798 g/mol. The number of hydrogen-bond acceptors (Lipinski definition) is 10. The van der Waals surface area contributed by atoms with E-state index in [0.717, 1.165) is 16.8 Å². The van der Waals surface area contributed by atoms with E-state index in [1.807, 2.05) is 0 Å². The zero-order chi connectivity index (χ0) is 37.8. The molecule has 0 spiro atoms. The Hall–Kier alpha value is -5.24. The second-order valence-corrected chi connectivity index (χ2v) is 13.1. The van der Waals surface area contributed by atoms with Crippen molar-refractivity contribution in [3.8, 4) is 0 Å². The van der Waals surface area contributed by atoms with Crippen LogP contribution in [0.15, 0.2) is 119 Å². The van der Waals surface area contributed by atoms with Crippen LogP contribution < -0.4 is 11.2 Å². The summed E-state index contributed by atoms with van der Waals surface area (Å²) >= 11 is 24.4. The van der Waals surface area contributed by atoms with Gasteiger partial charge in [-0.05, 0) is 60.7 Å². The SMILES string of the molecule is O=C(O[C@@H]1[C@H](OC(=O)c2ccccc2)[C@H](COC(=O)c2ccc(Cl)cc2Cl)O[C@H]1n1ccc(=O)n(C(=O)c2ccc(Cl)cc2Cl)c1=O)c1ccccc1. The molecule has 12 nitrogen and oxygen atoms in total. The molecule has 270 valence electrons. The smallest absolute Gasteiger partial charge is 0.340 e. The van der Waals surface area contributed by atoms with Crippen LogP contribution in [0.4, 0.5) is 0 Å². The van der Waals surface area contributed by atoms with Crippen molar-refractivity contribution in [2.45, 2.75) is 24.5 Å². The maximum Gasteiger partial charge on any atom is 0.340 e. The highest BCUT2D eigenvalue weighted by Crippen LogP contribution is 2.35. The van der Waals surface area contributed by atoms with Gasteiger partial charge < -0.3 is 18.9 Å². The van der Waals surface area contributed by atoms with Crippen molar-refractivity contribution in [1.29, 1.82) is 0 Å². The van der Waals surface area contributed by atoms with Gasteiger partial charge in [0, 0.05) is 22.3 Å². The van der Waals surface area contributed by atoms with Crippen molar-refractivity contribution in [1.82, 2.24) is 9.13 Å². The Balaban J connectivity index is 1.42. The van der Waals surface area contributed by atoms with Gasteiger partial charge in [0.25, 0.3) is 11.5 Å². The van der Waals surface area contributed by atoms with E-state index in [9.17, 15) is 28.8 Å². The third kappa shape index (κ3) is 8.22. The van der Waals surface area contributed by atoms with E-state index in [2.05, 4.69) is 0 Å². The first kappa shape index (κ1) is 37.5. The standard InChI is InChI=1S/C37H24Cl4N2O10/c38-22-11-13-24(26(40)17-22)32(45)43-29(44)15-16-42(37(43)49)33-31(53-35(47)21-9-5-2-6-10-21)30(52-34(46)20-7-3-1-4-8-20)28(51-33)19-50-36(48)25-14-12-23(39)18-27(25)41/h1-18,28,30-31,33H,19H2/t28-,30+,31+,33+/m0/s1. The Morgan fingerprint density at radius 3 is 1.72 bits per heavy atom. The number of rotatable bonds is 9. The molecular weight excluding hydrogens is 774 g/mol. The number of benzene rings is 4. The lowest BCUT2D eigenvalue weighted by atomic mass is 10.1. The van der Waals surface area contributed by atoms with E-state index in [0.29, 0.717) is 4.57 Å². The summed E-state index contributed by atoms with van der Waals surface area (Å²) in [5.74, 6) is -3.77. The lowest BCUT2D eigenvalue weighted by Crippen LogP contribution is -2.47. The predicted molar refractivity (Wildman–Crippen MR) is 193 cm³/mol. The van der Waals surface area contributed by atoms with Crippen molar-refractivity contribution in [3.63, 3.8) is 0 Å². The molecule has 4 aromatic carbocycles. The summed E-state index contributed by atoms with van der Waals surface area (Å²) in [6.07, 6.45) is -5.21. The molecule has 1 aliphatic rings. The van der Waals surface area contributed by atoms with Gasteiger partial charge >= 0.3 is 23.6 Å². The number of nitrogens with zero attached hydrogens (tertiary/aromatic N) is 2. The third-order valence-corrected chi connectivity index (χ3v) is 9.07. The number of aromatic nitrogens is 2. The van der Waals surface area contributed by atoms with E-state index in [1.54, 1.807) is 36.4 Å². The van der Waals surface area contributed by atoms with Crippen molar-refractivity contribution < 1.29 is 38.1 Å². The summed E-state index contributed by atoms with van der Waals surface area (Å²) in [6, 6.07) is 24.5. The Morgan fingerprint density at radius 1 is 0.642 bits per heavy atom. The first-order valence-electron chi connectivity index (χ1n) is 15.6. The number of esters is 3. The van der Waals surface area contributed by atoms with Crippen LogP contribution >= 0.6 is 46.4 Å². The highest BCUT2D eigenvalue weighted by molar-refractivity contribution is 6.37. The Kier molecular flexibility index (Phi) is 11.5. The van der Waals surface area contributed by atoms with Gasteiger partial charge in [-0.2, -0.15) is 4.57 Å². The maximum atomic E-state index is 14.0. The molecule has 1 saturated heterocycles. The number of carbonyl (C=O) groups is 4. The van der Waals surface area contributed by atoms with E-state index in [4.69, 9.17) is 65.4 Å². The molecule has 1 aromatic heterocycles. The van der Waals surface area contributed by atoms with E-state index in [-0.39, 0.29) is 42.3 Å². The van der Waals surface area contributed by atoms with Gasteiger partial charge in [0.05, 0.1) is 32.3 Å². The fraction of sp³-hybridized carbons (Fsp3) is 0.135. The van der Waals surface area contributed by atoms with Crippen molar-refractivity contribution in [2.24, 2.45) is 0 Å². The van der Waals surface area contributed by atoms with Gasteiger partial charge in [-0.1, -0.05) is 82.8 Å². The Bertz CT molecular complexity index is 2330. The minimum absolute atomic E-state index is 0.00583. The molecule has 53 heavy (non-hydrogen) atoms. The van der Waals surface area contributed by atoms with Crippen LogP contribution in [0.5, 0.6) is 0 Å². The van der Waals surface area contributed by atoms with Gasteiger partial charge in [-0.25, -0.2) is 19.2 Å². The zero-order valence-corrected chi connectivity index (χ0v) is 29.9. The number of hydrogen-bond donors (Lipinski definition) is 0. The lowest BCUT2D eigenvalue weighted by molar-refractivity contribution is -0.0643. The summed E-state index contributed by atoms with van der Waals surface area (Å²) in [7, 11) is 0. The molecule has 16 heteroatoms. The summed E-state index contributed by atoms with van der Waals surface area (Å²) in [6.45, 7) is -0.617. The molecule has 0 N–H and O–H groups in total. The van der Waals surface area contributed by atoms with Crippen molar-refractivity contribution in [3.05, 3.63) is 173 Å². The van der Waals surface area contributed by atoms with Gasteiger partial charge in [0.15, 0.2) is 18.4 Å². The second-order valence-electron chi connectivity index (χ2n) is 11.4. The van der Waals surface area contributed by atoms with Crippen LogP contribution in [0.25, 0.3) is 0 Å². The Labute approximate surface area is 319 Å². The van der Waals surface area contributed by atoms with Crippen LogP contribution in [0.3, 0.4) is 0 Å². The summed E-state index contributed by atoms with van der Waals surface area (Å²) < 4.78 is 24.6. The fourth-order valence-electron chi connectivity index (χ4n) is 5.41. The monoisotopic (exact) mass is 796 g/mol. The minimum Gasteiger partial charge on any atom is -0.459 e. The zero-order valence-electron chi connectivity index (χ0n) is 26.9. The van der Waals surface area contributed by atoms with E-state index < -0.39 is 66.2 Å². The van der Waals surface area contributed by atoms with E-state index >= 15 is 0 Å². The normalized spacial score (nSPS) is 17.9. The number of carbonyl (C=O) groups excluding carboxylic acids is 4. The van der Waals surface area contributed by atoms with E-state index in [1.165, 1.54) is 60.7 Å². The first-order valence-corrected chi connectivity index (χ1v) is 17.1. The molecule has 1 fully saturated rings. The predicted octanol–water partition coefficient (Wildman–Crippen LogP) is 6.52. The number of ether oxygens (including phenoxy) is 4. The van der Waals surface area contributed by atoms with Crippen LogP contribution in [0.2, 0.25) is 20.1 Å². The topological polar surface area (TPSA) is 149 Å². The fourth-order valence-corrected chi connectivity index (χ4v) is 6.39. The quantitative estimate of drug-likeness (QED) is 0.119. The summed E-state index contributed by atoms with van der Waals surface area (Å²) in [4.78, 5) is 80.7. The molecule has 1 aliphatic heterocycles. The highest BCUT2D eigenvalue weighted by Gasteiger charge is 2.52. The van der Waals surface area contributed by atoms with Gasteiger partial charge in [-0.3, -0.25) is 14.2 Å². The molecule has 0 saturated carbocycles. The van der Waals surface area contributed by atoms with Crippen LogP contribution in [-0.2, 0) is 18.9 Å². The Morgan fingerprint density at radius 2 is 1.17 bits per heavy atom. The molecule has 0 radical (unpaired) electrons. The van der Waals surface area contributed by atoms with Crippen molar-refractivity contribution >= 4 is 70.2 Å². The molecule has 2 heterocycles. The van der Waals surface area contributed by atoms with Crippen LogP contribution in [0.1, 0.15) is 47.7 Å². The molecule has 0 aliphatic carbocycles. The first-order chi connectivity index (χ1) is 25.4. The van der Waals surface area contributed by atoms with Gasteiger partial charge in [-0.15, -0.1) is 0 Å². The largest absolute Gasteiger partial charge is 0.459 e. The van der Waals surface area contributed by atoms with Crippen LogP contribution in [0, 0.1) is 0 Å². The molecule has 0 unspecified atom stereocenters. The molecule has 0 amide bonds. The summed E-state index contributed by atoms with van der Waals surface area (Å²) in [5, 5.41) is 0.335.